The SMILES string of the molecule is CCNc1nc(CSC(C)C)nc(C(C)C)c1I. The van der Waals surface area contributed by atoms with Crippen LogP contribution in [0.1, 0.15) is 52.1 Å². The Hall–Kier alpha value is -0.0400. The number of aromatic nitrogens is 2. The smallest absolute Gasteiger partial charge is 0.143 e. The summed E-state index contributed by atoms with van der Waals surface area (Å²) in [6, 6.07) is 0. The summed E-state index contributed by atoms with van der Waals surface area (Å²) in [5, 5.41) is 3.94. The summed E-state index contributed by atoms with van der Waals surface area (Å²) in [5.41, 5.74) is 1.15. The van der Waals surface area contributed by atoms with Crippen LogP contribution < -0.4 is 5.32 Å². The van der Waals surface area contributed by atoms with Gasteiger partial charge in [-0.3, -0.25) is 0 Å². The van der Waals surface area contributed by atoms with E-state index < -0.39 is 0 Å². The van der Waals surface area contributed by atoms with E-state index in [1.54, 1.807) is 0 Å². The van der Waals surface area contributed by atoms with Gasteiger partial charge in [-0.2, -0.15) is 11.8 Å². The number of nitrogens with zero attached hydrogens (tertiary/aromatic N) is 2. The zero-order chi connectivity index (χ0) is 13.7. The van der Waals surface area contributed by atoms with Gasteiger partial charge in [0.15, 0.2) is 0 Å². The third kappa shape index (κ3) is 4.57. The predicted octanol–water partition coefficient (Wildman–Crippen LogP) is 4.28. The lowest BCUT2D eigenvalue weighted by Crippen LogP contribution is -2.10. The van der Waals surface area contributed by atoms with Crippen LogP contribution in [0.5, 0.6) is 0 Å². The normalized spacial score (nSPS) is 11.3. The van der Waals surface area contributed by atoms with Crippen molar-refractivity contribution in [1.29, 1.82) is 0 Å². The van der Waals surface area contributed by atoms with Crippen molar-refractivity contribution in [3.63, 3.8) is 0 Å². The molecule has 0 radical (unpaired) electrons. The predicted molar refractivity (Wildman–Crippen MR) is 89.4 cm³/mol. The van der Waals surface area contributed by atoms with E-state index in [2.05, 4.69) is 67.5 Å². The van der Waals surface area contributed by atoms with Crippen LogP contribution in [0.4, 0.5) is 5.82 Å². The third-order valence-electron chi connectivity index (χ3n) is 2.36. The summed E-state index contributed by atoms with van der Waals surface area (Å²) < 4.78 is 1.16. The highest BCUT2D eigenvalue weighted by molar-refractivity contribution is 14.1. The minimum Gasteiger partial charge on any atom is -0.369 e. The maximum absolute atomic E-state index is 4.71. The summed E-state index contributed by atoms with van der Waals surface area (Å²) in [6.45, 7) is 11.7. The number of anilines is 1. The quantitative estimate of drug-likeness (QED) is 0.749. The summed E-state index contributed by atoms with van der Waals surface area (Å²) in [4.78, 5) is 9.33. The molecule has 0 aliphatic carbocycles. The van der Waals surface area contributed by atoms with Crippen molar-refractivity contribution < 1.29 is 0 Å². The van der Waals surface area contributed by atoms with Crippen molar-refractivity contribution >= 4 is 40.2 Å². The van der Waals surface area contributed by atoms with Gasteiger partial charge >= 0.3 is 0 Å². The van der Waals surface area contributed by atoms with Crippen LogP contribution in [0.2, 0.25) is 0 Å². The molecular weight excluding hydrogens is 357 g/mol. The van der Waals surface area contributed by atoms with Crippen LogP contribution in [-0.2, 0) is 5.75 Å². The molecule has 1 rings (SSSR count). The Morgan fingerprint density at radius 2 is 1.89 bits per heavy atom. The van der Waals surface area contributed by atoms with Gasteiger partial charge in [-0.15, -0.1) is 0 Å². The van der Waals surface area contributed by atoms with E-state index in [0.29, 0.717) is 11.2 Å². The summed E-state index contributed by atoms with van der Waals surface area (Å²) in [7, 11) is 0. The van der Waals surface area contributed by atoms with E-state index in [0.717, 1.165) is 33.2 Å². The standard InChI is InChI=1S/C13H22IN3S/c1-6-15-13-11(14)12(8(2)3)16-10(17-13)7-18-9(4)5/h8-9H,6-7H2,1-5H3,(H,15,16,17). The van der Waals surface area contributed by atoms with Gasteiger partial charge in [0.05, 0.1) is 15.0 Å². The van der Waals surface area contributed by atoms with E-state index in [1.807, 2.05) is 11.8 Å². The van der Waals surface area contributed by atoms with Crippen molar-refractivity contribution in [3.05, 3.63) is 15.1 Å². The molecule has 3 nitrogen and oxygen atoms in total. The molecule has 1 N–H and O–H groups in total. The van der Waals surface area contributed by atoms with Crippen LogP contribution >= 0.6 is 34.4 Å². The van der Waals surface area contributed by atoms with Gasteiger partial charge in [0.1, 0.15) is 11.6 Å². The largest absolute Gasteiger partial charge is 0.369 e. The first-order valence-corrected chi connectivity index (χ1v) is 8.50. The summed E-state index contributed by atoms with van der Waals surface area (Å²) in [5.74, 6) is 3.23. The highest BCUT2D eigenvalue weighted by Gasteiger charge is 2.14. The lowest BCUT2D eigenvalue weighted by Gasteiger charge is -2.14. The molecule has 1 aromatic rings. The molecule has 0 unspecified atom stereocenters. The molecule has 0 saturated heterocycles. The number of thioether (sulfide) groups is 1. The van der Waals surface area contributed by atoms with Crippen LogP contribution in [0, 0.1) is 3.57 Å². The maximum Gasteiger partial charge on any atom is 0.143 e. The topological polar surface area (TPSA) is 37.8 Å². The van der Waals surface area contributed by atoms with Crippen LogP contribution in [0.15, 0.2) is 0 Å². The Morgan fingerprint density at radius 1 is 1.22 bits per heavy atom. The van der Waals surface area contributed by atoms with E-state index >= 15 is 0 Å². The molecular formula is C13H22IN3S. The van der Waals surface area contributed by atoms with E-state index in [9.17, 15) is 0 Å². The fourth-order valence-electron chi connectivity index (χ4n) is 1.49. The molecule has 5 heteroatoms. The second kappa shape index (κ2) is 7.53. The number of rotatable bonds is 6. The Balaban J connectivity index is 3.04. The first kappa shape index (κ1) is 16.0. The Kier molecular flexibility index (Phi) is 6.70. The van der Waals surface area contributed by atoms with Gasteiger partial charge < -0.3 is 5.32 Å². The first-order chi connectivity index (χ1) is 8.45. The van der Waals surface area contributed by atoms with Gasteiger partial charge in [0, 0.05) is 6.54 Å². The molecule has 0 aliphatic rings. The average Bonchev–Trinajstić information content (AvgIpc) is 2.29. The molecule has 0 aliphatic heterocycles. The average molecular weight is 379 g/mol. The van der Waals surface area contributed by atoms with Gasteiger partial charge in [-0.25, -0.2) is 9.97 Å². The minimum absolute atomic E-state index is 0.431. The molecule has 0 bridgehead atoms. The molecule has 18 heavy (non-hydrogen) atoms. The van der Waals surface area contributed by atoms with E-state index in [4.69, 9.17) is 4.98 Å². The van der Waals surface area contributed by atoms with Gasteiger partial charge in [0.25, 0.3) is 0 Å². The fraction of sp³-hybridized carbons (Fsp3) is 0.692. The second-order valence-corrected chi connectivity index (χ2v) is 7.38. The molecule has 1 aromatic heterocycles. The zero-order valence-corrected chi connectivity index (χ0v) is 14.7. The van der Waals surface area contributed by atoms with Crippen molar-refractivity contribution in [2.75, 3.05) is 11.9 Å². The van der Waals surface area contributed by atoms with Crippen molar-refractivity contribution in [1.82, 2.24) is 9.97 Å². The van der Waals surface area contributed by atoms with Crippen LogP contribution in [0.25, 0.3) is 0 Å². The molecule has 0 fully saturated rings. The van der Waals surface area contributed by atoms with Crippen LogP contribution in [-0.4, -0.2) is 21.8 Å². The Labute approximate surface area is 128 Å². The molecule has 0 spiro atoms. The molecule has 1 heterocycles. The number of halogens is 1. The monoisotopic (exact) mass is 379 g/mol. The molecule has 0 aromatic carbocycles. The Morgan fingerprint density at radius 3 is 2.39 bits per heavy atom. The first-order valence-electron chi connectivity index (χ1n) is 6.37. The van der Waals surface area contributed by atoms with Crippen molar-refractivity contribution in [2.45, 2.75) is 51.5 Å². The van der Waals surface area contributed by atoms with E-state index in [-0.39, 0.29) is 0 Å². The second-order valence-electron chi connectivity index (χ2n) is 4.73. The van der Waals surface area contributed by atoms with Crippen molar-refractivity contribution in [3.8, 4) is 0 Å². The molecule has 0 saturated carbocycles. The summed E-state index contributed by atoms with van der Waals surface area (Å²) >= 11 is 4.23. The fourth-order valence-corrected chi connectivity index (χ4v) is 3.15. The number of hydrogen-bond donors (Lipinski definition) is 1. The van der Waals surface area contributed by atoms with Gasteiger partial charge in [-0.05, 0) is 40.7 Å². The summed E-state index contributed by atoms with van der Waals surface area (Å²) in [6.07, 6.45) is 0. The molecule has 0 amide bonds. The maximum atomic E-state index is 4.71. The molecule has 0 atom stereocenters. The highest BCUT2D eigenvalue weighted by atomic mass is 127. The third-order valence-corrected chi connectivity index (χ3v) is 4.52. The molecule has 102 valence electrons. The number of hydrogen-bond acceptors (Lipinski definition) is 4. The highest BCUT2D eigenvalue weighted by Crippen LogP contribution is 2.26. The zero-order valence-electron chi connectivity index (χ0n) is 11.7. The Bertz CT molecular complexity index is 394. The van der Waals surface area contributed by atoms with Crippen LogP contribution in [0.3, 0.4) is 0 Å². The van der Waals surface area contributed by atoms with Crippen molar-refractivity contribution in [2.24, 2.45) is 0 Å². The lowest BCUT2D eigenvalue weighted by molar-refractivity contribution is 0.791. The van der Waals surface area contributed by atoms with Gasteiger partial charge in [0.2, 0.25) is 0 Å². The van der Waals surface area contributed by atoms with Gasteiger partial charge in [-0.1, -0.05) is 27.7 Å². The number of nitrogens with one attached hydrogen (secondary N) is 1. The lowest BCUT2D eigenvalue weighted by atomic mass is 10.1. The minimum atomic E-state index is 0.431. The van der Waals surface area contributed by atoms with E-state index in [1.165, 1.54) is 0 Å².